The first-order valence-electron chi connectivity index (χ1n) is 5.79. The van der Waals surface area contributed by atoms with E-state index in [1.54, 1.807) is 0 Å². The van der Waals surface area contributed by atoms with E-state index in [0.717, 1.165) is 7.05 Å². The summed E-state index contributed by atoms with van der Waals surface area (Å²) < 4.78 is 94.7. The molecule has 0 aromatic heterocycles. The van der Waals surface area contributed by atoms with Gasteiger partial charge in [0.25, 0.3) is 0 Å². The number of sulfonamides is 1. The van der Waals surface area contributed by atoms with Crippen LogP contribution in [-0.4, -0.2) is 50.6 Å². The van der Waals surface area contributed by atoms with Gasteiger partial charge in [-0.05, 0) is 0 Å². The zero-order valence-electron chi connectivity index (χ0n) is 11.4. The summed E-state index contributed by atoms with van der Waals surface area (Å²) >= 11 is 0. The number of ether oxygens (including phenoxy) is 1. The Kier molecular flexibility index (Phi) is 6.02. The van der Waals surface area contributed by atoms with Crippen molar-refractivity contribution < 1.29 is 45.0 Å². The summed E-state index contributed by atoms with van der Waals surface area (Å²) in [5, 5.41) is 8.30. The zero-order chi connectivity index (χ0) is 17.9. The highest BCUT2D eigenvalue weighted by atomic mass is 32.2. The molecule has 1 rings (SSSR count). The monoisotopic (exact) mass is 363 g/mol. The van der Waals surface area contributed by atoms with Gasteiger partial charge in [-0.1, -0.05) is 0 Å². The van der Waals surface area contributed by atoms with Gasteiger partial charge in [0.05, 0.1) is 6.61 Å². The number of hydrogen-bond donors (Lipinski definition) is 1. The summed E-state index contributed by atoms with van der Waals surface area (Å²) in [7, 11) is -4.25. The van der Waals surface area contributed by atoms with Crippen LogP contribution in [0.1, 0.15) is 0 Å². The van der Waals surface area contributed by atoms with E-state index in [-0.39, 0.29) is 4.31 Å². The minimum Gasteiger partial charge on any atom is -0.480 e. The summed E-state index contributed by atoms with van der Waals surface area (Å²) in [4.78, 5) is 8.19. The molecule has 1 aromatic carbocycles. The van der Waals surface area contributed by atoms with Crippen molar-refractivity contribution in [1.82, 2.24) is 4.31 Å². The van der Waals surface area contributed by atoms with Gasteiger partial charge in [0.2, 0.25) is 15.8 Å². The minimum absolute atomic E-state index is 0.271. The lowest BCUT2D eigenvalue weighted by Gasteiger charge is -2.18. The molecule has 0 bridgehead atoms. The number of carboxylic acid groups (broad SMARTS) is 1. The second kappa shape index (κ2) is 7.19. The molecule has 0 fully saturated rings. The Morgan fingerprint density at radius 1 is 1.04 bits per heavy atom. The van der Waals surface area contributed by atoms with Crippen LogP contribution in [0.15, 0.2) is 4.90 Å². The Hall–Kier alpha value is -1.79. The van der Waals surface area contributed by atoms with Crippen LogP contribution in [0.4, 0.5) is 22.0 Å². The predicted octanol–water partition coefficient (Wildman–Crippen LogP) is 1.10. The topological polar surface area (TPSA) is 83.9 Å². The summed E-state index contributed by atoms with van der Waals surface area (Å²) in [6, 6.07) is 0. The van der Waals surface area contributed by atoms with Crippen molar-refractivity contribution >= 4 is 16.0 Å². The molecule has 12 heteroatoms. The van der Waals surface area contributed by atoms with Crippen molar-refractivity contribution in [3.63, 3.8) is 0 Å². The molecule has 1 aromatic rings. The second-order valence-corrected chi connectivity index (χ2v) is 6.15. The fourth-order valence-electron chi connectivity index (χ4n) is 1.44. The number of likely N-dealkylation sites (N-methyl/N-ethyl adjacent to an activating group) is 1. The summed E-state index contributed by atoms with van der Waals surface area (Å²) in [5.74, 6) is -13.6. The van der Waals surface area contributed by atoms with Crippen LogP contribution >= 0.6 is 0 Å². The molecule has 0 saturated carbocycles. The maximum absolute atomic E-state index is 13.5. The molecule has 0 aliphatic rings. The highest BCUT2D eigenvalue weighted by Crippen LogP contribution is 2.28. The van der Waals surface area contributed by atoms with Gasteiger partial charge >= 0.3 is 5.97 Å². The molecule has 0 heterocycles. The van der Waals surface area contributed by atoms with Gasteiger partial charge < -0.3 is 9.84 Å². The third-order valence-electron chi connectivity index (χ3n) is 2.61. The SMILES string of the molecule is CN(CCOCC(=O)O)S(=O)(=O)c1c(F)c(F)c(F)c(F)c1F. The molecule has 0 saturated heterocycles. The number of rotatable bonds is 7. The lowest BCUT2D eigenvalue weighted by Crippen LogP contribution is -2.32. The number of benzene rings is 1. The van der Waals surface area contributed by atoms with Crippen LogP contribution in [0.3, 0.4) is 0 Å². The van der Waals surface area contributed by atoms with Gasteiger partial charge in [0.15, 0.2) is 28.2 Å². The van der Waals surface area contributed by atoms with Crippen LogP contribution in [0.5, 0.6) is 0 Å². The number of nitrogens with zero attached hydrogens (tertiary/aromatic N) is 1. The molecule has 0 aliphatic carbocycles. The maximum Gasteiger partial charge on any atom is 0.329 e. The van der Waals surface area contributed by atoms with Gasteiger partial charge in [0, 0.05) is 13.6 Å². The minimum atomic E-state index is -5.05. The Bertz CT molecular complexity index is 695. The van der Waals surface area contributed by atoms with Crippen molar-refractivity contribution in [2.45, 2.75) is 4.90 Å². The Balaban J connectivity index is 3.12. The van der Waals surface area contributed by atoms with E-state index in [1.807, 2.05) is 0 Å². The molecule has 0 unspecified atom stereocenters. The van der Waals surface area contributed by atoms with Gasteiger partial charge in [-0.15, -0.1) is 0 Å². The first kappa shape index (κ1) is 19.3. The van der Waals surface area contributed by atoms with Crippen molar-refractivity contribution in [3.8, 4) is 0 Å². The number of carboxylic acids is 1. The smallest absolute Gasteiger partial charge is 0.329 e. The maximum atomic E-state index is 13.5. The van der Waals surface area contributed by atoms with E-state index in [2.05, 4.69) is 4.74 Å². The average Bonchev–Trinajstić information content (AvgIpc) is 2.47. The third-order valence-corrected chi connectivity index (χ3v) is 4.49. The Morgan fingerprint density at radius 2 is 1.48 bits per heavy atom. The molecular formula is C11H10F5NO5S. The van der Waals surface area contributed by atoms with Crippen molar-refractivity contribution in [2.75, 3.05) is 26.8 Å². The van der Waals surface area contributed by atoms with E-state index in [9.17, 15) is 35.2 Å². The first-order valence-corrected chi connectivity index (χ1v) is 7.23. The van der Waals surface area contributed by atoms with Gasteiger partial charge in [-0.2, -0.15) is 4.31 Å². The predicted molar refractivity (Wildman–Crippen MR) is 64.5 cm³/mol. The van der Waals surface area contributed by atoms with E-state index in [1.165, 1.54) is 0 Å². The number of aliphatic carboxylic acids is 1. The van der Waals surface area contributed by atoms with E-state index in [4.69, 9.17) is 5.11 Å². The summed E-state index contributed by atoms with van der Waals surface area (Å²) in [6.07, 6.45) is 0. The molecule has 1 N–H and O–H groups in total. The van der Waals surface area contributed by atoms with Crippen molar-refractivity contribution in [3.05, 3.63) is 29.1 Å². The van der Waals surface area contributed by atoms with Gasteiger partial charge in [-0.25, -0.2) is 35.2 Å². The van der Waals surface area contributed by atoms with E-state index in [0.29, 0.717) is 0 Å². The highest BCUT2D eigenvalue weighted by molar-refractivity contribution is 7.89. The molecule has 0 aliphatic heterocycles. The molecule has 6 nitrogen and oxygen atoms in total. The number of halogens is 5. The third kappa shape index (κ3) is 3.95. The fraction of sp³-hybridized carbons (Fsp3) is 0.364. The normalized spacial score (nSPS) is 12.0. The zero-order valence-corrected chi connectivity index (χ0v) is 12.3. The van der Waals surface area contributed by atoms with Crippen LogP contribution in [0.25, 0.3) is 0 Å². The van der Waals surface area contributed by atoms with Gasteiger partial charge in [0.1, 0.15) is 6.61 Å². The van der Waals surface area contributed by atoms with Crippen LogP contribution < -0.4 is 0 Å². The van der Waals surface area contributed by atoms with E-state index < -0.39 is 69.7 Å². The lowest BCUT2D eigenvalue weighted by molar-refractivity contribution is -0.142. The first-order chi connectivity index (χ1) is 10.5. The van der Waals surface area contributed by atoms with Gasteiger partial charge in [-0.3, -0.25) is 0 Å². The van der Waals surface area contributed by atoms with E-state index >= 15 is 0 Å². The van der Waals surface area contributed by atoms with Crippen LogP contribution in [-0.2, 0) is 19.6 Å². The lowest BCUT2D eigenvalue weighted by atomic mass is 10.3. The van der Waals surface area contributed by atoms with Crippen LogP contribution in [0.2, 0.25) is 0 Å². The molecule has 130 valence electrons. The second-order valence-electron chi connectivity index (χ2n) is 4.17. The quantitative estimate of drug-likeness (QED) is 0.340. The number of hydrogen-bond acceptors (Lipinski definition) is 4. The summed E-state index contributed by atoms with van der Waals surface area (Å²) in [6.45, 7) is -1.80. The number of carbonyl (C=O) groups is 1. The molecule has 0 atom stereocenters. The van der Waals surface area contributed by atoms with Crippen LogP contribution in [0, 0.1) is 29.1 Å². The molecule has 0 amide bonds. The standard InChI is InChI=1S/C11H10F5NO5S/c1-17(2-3-22-4-5(18)19)23(20,21)11-9(15)7(13)6(12)8(14)10(11)16/h2-4H2,1H3,(H,18,19). The van der Waals surface area contributed by atoms with Crippen molar-refractivity contribution in [1.29, 1.82) is 0 Å². The Labute approximate surface area is 127 Å². The Morgan fingerprint density at radius 3 is 1.91 bits per heavy atom. The van der Waals surface area contributed by atoms with Crippen molar-refractivity contribution in [2.24, 2.45) is 0 Å². The summed E-state index contributed by atoms with van der Waals surface area (Å²) in [5.41, 5.74) is 0. The molecule has 0 radical (unpaired) electrons. The average molecular weight is 363 g/mol. The fourth-order valence-corrected chi connectivity index (χ4v) is 2.70. The largest absolute Gasteiger partial charge is 0.480 e. The molecule has 0 spiro atoms. The highest BCUT2D eigenvalue weighted by Gasteiger charge is 2.35. The molecule has 23 heavy (non-hydrogen) atoms. The molecular weight excluding hydrogens is 353 g/mol.